The van der Waals surface area contributed by atoms with Crippen LogP contribution in [0.15, 0.2) is 18.2 Å². The Morgan fingerprint density at radius 1 is 1.37 bits per heavy atom. The third-order valence-electron chi connectivity index (χ3n) is 3.74. The van der Waals surface area contributed by atoms with E-state index < -0.39 is 0 Å². The standard InChI is InChI=1S/C15H22ClFN2/c1-2-3-4-15(19-9-7-18-8-10-19)13-11-12(17)5-6-14(13)16/h5-6,11,15,18H,2-4,7-10H2,1H3/t15-/m0/s1. The Bertz CT molecular complexity index is 405. The number of hydrogen-bond acceptors (Lipinski definition) is 2. The van der Waals surface area contributed by atoms with Gasteiger partial charge in [-0.1, -0.05) is 31.4 Å². The molecular formula is C15H22ClFN2. The maximum Gasteiger partial charge on any atom is 0.123 e. The van der Waals surface area contributed by atoms with Crippen molar-refractivity contribution in [2.24, 2.45) is 0 Å². The summed E-state index contributed by atoms with van der Waals surface area (Å²) in [5.74, 6) is -0.198. The van der Waals surface area contributed by atoms with Gasteiger partial charge < -0.3 is 5.32 Å². The van der Waals surface area contributed by atoms with Crippen LogP contribution < -0.4 is 5.32 Å². The van der Waals surface area contributed by atoms with E-state index in [4.69, 9.17) is 11.6 Å². The van der Waals surface area contributed by atoms with E-state index in [-0.39, 0.29) is 11.9 Å². The highest BCUT2D eigenvalue weighted by Crippen LogP contribution is 2.32. The maximum atomic E-state index is 13.5. The second kappa shape index (κ2) is 7.22. The van der Waals surface area contributed by atoms with Crippen molar-refractivity contribution in [2.45, 2.75) is 32.2 Å². The molecule has 1 aromatic rings. The number of unbranched alkanes of at least 4 members (excludes halogenated alkanes) is 1. The minimum Gasteiger partial charge on any atom is -0.314 e. The van der Waals surface area contributed by atoms with Crippen molar-refractivity contribution < 1.29 is 4.39 Å². The van der Waals surface area contributed by atoms with E-state index in [9.17, 15) is 4.39 Å². The molecule has 2 nitrogen and oxygen atoms in total. The van der Waals surface area contributed by atoms with Crippen molar-refractivity contribution >= 4 is 11.6 Å². The highest BCUT2D eigenvalue weighted by Gasteiger charge is 2.23. The molecule has 1 saturated heterocycles. The summed E-state index contributed by atoms with van der Waals surface area (Å²) in [5, 5.41) is 4.04. The normalized spacial score (nSPS) is 18.5. The summed E-state index contributed by atoms with van der Waals surface area (Å²) >= 11 is 6.28. The Morgan fingerprint density at radius 2 is 2.11 bits per heavy atom. The molecule has 0 bridgehead atoms. The van der Waals surface area contributed by atoms with Crippen molar-refractivity contribution in [3.8, 4) is 0 Å². The first-order valence-corrected chi connectivity index (χ1v) is 7.50. The molecule has 0 radical (unpaired) electrons. The molecule has 1 atom stereocenters. The lowest BCUT2D eigenvalue weighted by Gasteiger charge is -2.35. The molecule has 0 amide bonds. The van der Waals surface area contributed by atoms with Crippen molar-refractivity contribution in [2.75, 3.05) is 26.2 Å². The lowest BCUT2D eigenvalue weighted by atomic mass is 9.98. The SMILES string of the molecule is CCCC[C@@H](c1cc(F)ccc1Cl)N1CCNCC1. The summed E-state index contributed by atoms with van der Waals surface area (Å²) in [7, 11) is 0. The molecule has 4 heteroatoms. The zero-order valence-corrected chi connectivity index (χ0v) is 12.2. The highest BCUT2D eigenvalue weighted by atomic mass is 35.5. The molecule has 106 valence electrons. The van der Waals surface area contributed by atoms with Gasteiger partial charge in [-0.2, -0.15) is 0 Å². The predicted molar refractivity (Wildman–Crippen MR) is 78.1 cm³/mol. The number of halogens is 2. The fourth-order valence-electron chi connectivity index (χ4n) is 2.70. The first-order valence-electron chi connectivity index (χ1n) is 7.12. The Kier molecular flexibility index (Phi) is 5.61. The average Bonchev–Trinajstić information content (AvgIpc) is 2.44. The smallest absolute Gasteiger partial charge is 0.123 e. The van der Waals surface area contributed by atoms with Gasteiger partial charge in [-0.05, 0) is 30.2 Å². The number of nitrogens with one attached hydrogen (secondary N) is 1. The van der Waals surface area contributed by atoms with Crippen LogP contribution in [0.1, 0.15) is 37.8 Å². The molecule has 0 unspecified atom stereocenters. The largest absolute Gasteiger partial charge is 0.314 e. The maximum absolute atomic E-state index is 13.5. The Balaban J connectivity index is 2.22. The summed E-state index contributed by atoms with van der Waals surface area (Å²) in [6.07, 6.45) is 3.33. The molecule has 0 spiro atoms. The van der Waals surface area contributed by atoms with Gasteiger partial charge >= 0.3 is 0 Å². The fourth-order valence-corrected chi connectivity index (χ4v) is 2.94. The molecule has 1 aliphatic heterocycles. The molecule has 1 N–H and O–H groups in total. The Labute approximate surface area is 119 Å². The summed E-state index contributed by atoms with van der Waals surface area (Å²) in [5.41, 5.74) is 0.942. The minimum atomic E-state index is -0.198. The molecule has 19 heavy (non-hydrogen) atoms. The topological polar surface area (TPSA) is 15.3 Å². The molecule has 1 aliphatic rings. The summed E-state index contributed by atoms with van der Waals surface area (Å²) < 4.78 is 13.5. The molecule has 1 aromatic carbocycles. The third-order valence-corrected chi connectivity index (χ3v) is 4.08. The predicted octanol–water partition coefficient (Wildman–Crippen LogP) is 3.62. The van der Waals surface area contributed by atoms with E-state index in [1.165, 1.54) is 6.07 Å². The van der Waals surface area contributed by atoms with Crippen LogP contribution in [-0.4, -0.2) is 31.1 Å². The Morgan fingerprint density at radius 3 is 2.79 bits per heavy atom. The second-order valence-electron chi connectivity index (χ2n) is 5.11. The van der Waals surface area contributed by atoms with Gasteiger partial charge in [0.15, 0.2) is 0 Å². The number of nitrogens with zero attached hydrogens (tertiary/aromatic N) is 1. The van der Waals surface area contributed by atoms with Crippen molar-refractivity contribution in [1.29, 1.82) is 0 Å². The van der Waals surface area contributed by atoms with Crippen LogP contribution >= 0.6 is 11.6 Å². The molecule has 2 rings (SSSR count). The van der Waals surface area contributed by atoms with E-state index in [2.05, 4.69) is 17.1 Å². The van der Waals surface area contributed by atoms with Crippen LogP contribution in [0.5, 0.6) is 0 Å². The average molecular weight is 285 g/mol. The molecule has 1 fully saturated rings. The lowest BCUT2D eigenvalue weighted by Crippen LogP contribution is -2.45. The fraction of sp³-hybridized carbons (Fsp3) is 0.600. The minimum absolute atomic E-state index is 0.198. The van der Waals surface area contributed by atoms with Gasteiger partial charge in [0.25, 0.3) is 0 Å². The van der Waals surface area contributed by atoms with Gasteiger partial charge in [-0.3, -0.25) is 4.90 Å². The van der Waals surface area contributed by atoms with Gasteiger partial charge in [-0.15, -0.1) is 0 Å². The van der Waals surface area contributed by atoms with Gasteiger partial charge in [0.1, 0.15) is 5.82 Å². The molecule has 0 aliphatic carbocycles. The van der Waals surface area contributed by atoms with Gasteiger partial charge in [0, 0.05) is 37.2 Å². The molecular weight excluding hydrogens is 263 g/mol. The van der Waals surface area contributed by atoms with Crippen molar-refractivity contribution in [3.05, 3.63) is 34.6 Å². The first-order chi connectivity index (χ1) is 9.22. The van der Waals surface area contributed by atoms with E-state index in [0.717, 1.165) is 51.0 Å². The lowest BCUT2D eigenvalue weighted by molar-refractivity contribution is 0.163. The zero-order valence-electron chi connectivity index (χ0n) is 11.5. The number of rotatable bonds is 5. The quantitative estimate of drug-likeness (QED) is 0.888. The Hall–Kier alpha value is -0.640. The van der Waals surface area contributed by atoms with Crippen LogP contribution in [0.4, 0.5) is 4.39 Å². The van der Waals surface area contributed by atoms with Gasteiger partial charge in [-0.25, -0.2) is 4.39 Å². The number of piperazine rings is 1. The van der Waals surface area contributed by atoms with Crippen LogP contribution in [0.2, 0.25) is 5.02 Å². The van der Waals surface area contributed by atoms with Crippen LogP contribution in [-0.2, 0) is 0 Å². The first kappa shape index (κ1) is 14.8. The summed E-state index contributed by atoms with van der Waals surface area (Å²) in [6.45, 7) is 6.18. The van der Waals surface area contributed by atoms with E-state index >= 15 is 0 Å². The second-order valence-corrected chi connectivity index (χ2v) is 5.52. The molecule has 1 heterocycles. The van der Waals surface area contributed by atoms with Crippen LogP contribution in [0, 0.1) is 5.82 Å². The van der Waals surface area contributed by atoms with Crippen molar-refractivity contribution in [1.82, 2.24) is 10.2 Å². The number of hydrogen-bond donors (Lipinski definition) is 1. The highest BCUT2D eigenvalue weighted by molar-refractivity contribution is 6.31. The monoisotopic (exact) mass is 284 g/mol. The van der Waals surface area contributed by atoms with Crippen molar-refractivity contribution in [3.63, 3.8) is 0 Å². The zero-order chi connectivity index (χ0) is 13.7. The van der Waals surface area contributed by atoms with E-state index in [1.54, 1.807) is 12.1 Å². The van der Waals surface area contributed by atoms with Crippen LogP contribution in [0.25, 0.3) is 0 Å². The van der Waals surface area contributed by atoms with Gasteiger partial charge in [0.2, 0.25) is 0 Å². The van der Waals surface area contributed by atoms with E-state index in [1.807, 2.05) is 0 Å². The van der Waals surface area contributed by atoms with Crippen LogP contribution in [0.3, 0.4) is 0 Å². The third kappa shape index (κ3) is 3.91. The van der Waals surface area contributed by atoms with E-state index in [0.29, 0.717) is 5.02 Å². The summed E-state index contributed by atoms with van der Waals surface area (Å²) in [6, 6.07) is 4.95. The molecule has 0 saturated carbocycles. The number of benzene rings is 1. The summed E-state index contributed by atoms with van der Waals surface area (Å²) in [4.78, 5) is 2.42. The van der Waals surface area contributed by atoms with Gasteiger partial charge in [0.05, 0.1) is 0 Å². The molecule has 0 aromatic heterocycles.